The van der Waals surface area contributed by atoms with Gasteiger partial charge in [0, 0.05) is 11.8 Å². The van der Waals surface area contributed by atoms with Crippen LogP contribution in [0.4, 0.5) is 5.69 Å². The van der Waals surface area contributed by atoms with Crippen LogP contribution >= 0.6 is 11.6 Å². The molecule has 8 heteroatoms. The molecule has 7 nitrogen and oxygen atoms in total. The number of hydrogen-bond acceptors (Lipinski definition) is 4. The molecule has 0 aliphatic heterocycles. The number of ether oxygens (including phenoxy) is 1. The number of halogens is 1. The Balaban J connectivity index is 2.35. The van der Waals surface area contributed by atoms with Crippen LogP contribution in [0.2, 0.25) is 5.02 Å². The number of rotatable bonds is 4. The molecule has 0 radical (unpaired) electrons. The van der Waals surface area contributed by atoms with Crippen molar-refractivity contribution in [1.82, 2.24) is 10.2 Å². The van der Waals surface area contributed by atoms with Crippen molar-refractivity contribution in [2.75, 3.05) is 12.4 Å². The fraction of sp³-hybridized carbons (Fsp3) is 0.154. The van der Waals surface area contributed by atoms with E-state index in [0.717, 1.165) is 0 Å². The second-order valence-corrected chi connectivity index (χ2v) is 4.61. The highest BCUT2D eigenvalue weighted by Gasteiger charge is 2.18. The Morgan fingerprint density at radius 2 is 2.10 bits per heavy atom. The first-order valence-electron chi connectivity index (χ1n) is 5.86. The zero-order chi connectivity index (χ0) is 15.6. The third kappa shape index (κ3) is 2.97. The fourth-order valence-electron chi connectivity index (χ4n) is 1.75. The van der Waals surface area contributed by atoms with Gasteiger partial charge in [0.25, 0.3) is 5.91 Å². The van der Waals surface area contributed by atoms with Gasteiger partial charge < -0.3 is 15.2 Å². The maximum atomic E-state index is 12.1. The quantitative estimate of drug-likeness (QED) is 0.804. The number of carbonyl (C=O) groups excluding carboxylic acids is 1. The average molecular weight is 310 g/mol. The van der Waals surface area contributed by atoms with Gasteiger partial charge in [-0.05, 0) is 13.0 Å². The molecule has 2 rings (SSSR count). The highest BCUT2D eigenvalue weighted by atomic mass is 35.5. The summed E-state index contributed by atoms with van der Waals surface area (Å²) in [7, 11) is 1.33. The smallest absolute Gasteiger partial charge is 0.339 e. The van der Waals surface area contributed by atoms with E-state index < -0.39 is 11.9 Å². The molecular weight excluding hydrogens is 298 g/mol. The number of benzene rings is 1. The molecule has 1 aromatic heterocycles. The number of hydrogen-bond donors (Lipinski definition) is 3. The summed E-state index contributed by atoms with van der Waals surface area (Å²) in [5.74, 6) is -1.48. The van der Waals surface area contributed by atoms with E-state index in [9.17, 15) is 9.59 Å². The van der Waals surface area contributed by atoms with Crippen molar-refractivity contribution in [3.05, 3.63) is 40.2 Å². The molecule has 0 saturated carbocycles. The molecule has 0 atom stereocenters. The fourth-order valence-corrected chi connectivity index (χ4v) is 1.97. The first kappa shape index (κ1) is 14.9. The van der Waals surface area contributed by atoms with E-state index in [4.69, 9.17) is 21.4 Å². The molecule has 2 aromatic rings. The lowest BCUT2D eigenvalue weighted by molar-refractivity contribution is 0.0693. The van der Waals surface area contributed by atoms with Gasteiger partial charge in [-0.25, -0.2) is 4.79 Å². The first-order chi connectivity index (χ1) is 9.93. The van der Waals surface area contributed by atoms with Gasteiger partial charge in [0.2, 0.25) is 0 Å². The van der Waals surface area contributed by atoms with Crippen molar-refractivity contribution in [2.24, 2.45) is 0 Å². The summed E-state index contributed by atoms with van der Waals surface area (Å²) in [6, 6.07) is 2.58. The predicted molar refractivity (Wildman–Crippen MR) is 76.2 cm³/mol. The molecule has 0 aliphatic carbocycles. The number of nitrogens with one attached hydrogen (secondary N) is 2. The number of carbonyl (C=O) groups is 2. The summed E-state index contributed by atoms with van der Waals surface area (Å²) in [6.45, 7) is 1.71. The minimum absolute atomic E-state index is 0.0833. The molecule has 1 aromatic carbocycles. The van der Waals surface area contributed by atoms with E-state index in [1.165, 1.54) is 25.4 Å². The van der Waals surface area contributed by atoms with Gasteiger partial charge in [0.15, 0.2) is 0 Å². The SMILES string of the molecule is COc1cc(NC(=O)c2cn[nH]c2C)c(Cl)cc1C(=O)O. The summed E-state index contributed by atoms with van der Waals surface area (Å²) in [6.07, 6.45) is 1.39. The van der Waals surface area contributed by atoms with E-state index in [2.05, 4.69) is 15.5 Å². The van der Waals surface area contributed by atoms with Crippen molar-refractivity contribution < 1.29 is 19.4 Å². The lowest BCUT2D eigenvalue weighted by Gasteiger charge is -2.11. The Bertz CT molecular complexity index is 711. The minimum atomic E-state index is -1.17. The number of anilines is 1. The maximum absolute atomic E-state index is 12.1. The normalized spacial score (nSPS) is 10.2. The number of aromatic nitrogens is 2. The van der Waals surface area contributed by atoms with Crippen LogP contribution in [0.1, 0.15) is 26.4 Å². The Morgan fingerprint density at radius 1 is 1.38 bits per heavy atom. The van der Waals surface area contributed by atoms with Gasteiger partial charge in [0.05, 0.1) is 29.6 Å². The van der Waals surface area contributed by atoms with Crippen molar-refractivity contribution in [3.8, 4) is 5.75 Å². The number of H-pyrrole nitrogens is 1. The Kier molecular flexibility index (Phi) is 4.13. The second-order valence-electron chi connectivity index (χ2n) is 4.20. The maximum Gasteiger partial charge on any atom is 0.339 e. The number of aryl methyl sites for hydroxylation is 1. The number of carboxylic acid groups (broad SMARTS) is 1. The van der Waals surface area contributed by atoms with Crippen LogP contribution in [-0.4, -0.2) is 34.3 Å². The molecule has 0 fully saturated rings. The van der Waals surface area contributed by atoms with Gasteiger partial charge >= 0.3 is 5.97 Å². The molecule has 0 saturated heterocycles. The Morgan fingerprint density at radius 3 is 2.62 bits per heavy atom. The molecule has 0 spiro atoms. The monoisotopic (exact) mass is 309 g/mol. The standard InChI is InChI=1S/C13H12ClN3O4/c1-6-8(5-15-17-6)12(18)16-10-4-11(21-2)7(13(19)20)3-9(10)14/h3-5H,1-2H3,(H,15,17)(H,16,18)(H,19,20). The van der Waals surface area contributed by atoms with Gasteiger partial charge in [0.1, 0.15) is 11.3 Å². The summed E-state index contributed by atoms with van der Waals surface area (Å²) >= 11 is 5.99. The van der Waals surface area contributed by atoms with E-state index in [1.54, 1.807) is 6.92 Å². The topological polar surface area (TPSA) is 104 Å². The third-order valence-electron chi connectivity index (χ3n) is 2.84. The minimum Gasteiger partial charge on any atom is -0.496 e. The summed E-state index contributed by atoms with van der Waals surface area (Å²) in [4.78, 5) is 23.1. The molecule has 0 bridgehead atoms. The molecule has 0 aliphatic rings. The molecule has 1 amide bonds. The lowest BCUT2D eigenvalue weighted by atomic mass is 10.1. The summed E-state index contributed by atoms with van der Waals surface area (Å²) in [5, 5.41) is 18.1. The Hall–Kier alpha value is -2.54. The molecule has 1 heterocycles. The lowest BCUT2D eigenvalue weighted by Crippen LogP contribution is -2.13. The van der Waals surface area contributed by atoms with Crippen molar-refractivity contribution in [2.45, 2.75) is 6.92 Å². The van der Waals surface area contributed by atoms with Gasteiger partial charge in [-0.2, -0.15) is 5.10 Å². The number of methoxy groups -OCH3 is 1. The van der Waals surface area contributed by atoms with Crippen LogP contribution in [-0.2, 0) is 0 Å². The zero-order valence-corrected chi connectivity index (χ0v) is 12.0. The molecule has 0 unspecified atom stereocenters. The molecule has 110 valence electrons. The van der Waals surface area contributed by atoms with Crippen LogP contribution in [0.15, 0.2) is 18.3 Å². The van der Waals surface area contributed by atoms with Gasteiger partial charge in [-0.3, -0.25) is 9.89 Å². The van der Waals surface area contributed by atoms with Crippen molar-refractivity contribution in [1.29, 1.82) is 0 Å². The van der Waals surface area contributed by atoms with E-state index in [0.29, 0.717) is 11.3 Å². The average Bonchev–Trinajstić information content (AvgIpc) is 2.86. The summed E-state index contributed by atoms with van der Waals surface area (Å²) in [5.41, 5.74) is 1.15. The second kappa shape index (κ2) is 5.84. The van der Waals surface area contributed by atoms with Gasteiger partial charge in [-0.1, -0.05) is 11.6 Å². The number of amides is 1. The third-order valence-corrected chi connectivity index (χ3v) is 3.16. The molecular formula is C13H12ClN3O4. The van der Waals surface area contributed by atoms with Crippen LogP contribution in [0.3, 0.4) is 0 Å². The zero-order valence-electron chi connectivity index (χ0n) is 11.2. The van der Waals surface area contributed by atoms with Crippen molar-refractivity contribution >= 4 is 29.2 Å². The molecule has 3 N–H and O–H groups in total. The van der Waals surface area contributed by atoms with Crippen LogP contribution in [0, 0.1) is 6.92 Å². The number of carboxylic acids is 1. The van der Waals surface area contributed by atoms with Crippen LogP contribution in [0.5, 0.6) is 5.75 Å². The van der Waals surface area contributed by atoms with Crippen molar-refractivity contribution in [3.63, 3.8) is 0 Å². The number of aromatic amines is 1. The van der Waals surface area contributed by atoms with Crippen LogP contribution < -0.4 is 10.1 Å². The summed E-state index contributed by atoms with van der Waals surface area (Å²) < 4.78 is 4.99. The highest BCUT2D eigenvalue weighted by Crippen LogP contribution is 2.31. The number of nitrogens with zero attached hydrogens (tertiary/aromatic N) is 1. The largest absolute Gasteiger partial charge is 0.496 e. The Labute approximate surface area is 124 Å². The predicted octanol–water partition coefficient (Wildman–Crippen LogP) is 2.33. The van der Waals surface area contributed by atoms with E-state index >= 15 is 0 Å². The van der Waals surface area contributed by atoms with Gasteiger partial charge in [-0.15, -0.1) is 0 Å². The van der Waals surface area contributed by atoms with E-state index in [-0.39, 0.29) is 22.0 Å². The van der Waals surface area contributed by atoms with Crippen LogP contribution in [0.25, 0.3) is 0 Å². The highest BCUT2D eigenvalue weighted by molar-refractivity contribution is 6.34. The van der Waals surface area contributed by atoms with E-state index in [1.807, 2.05) is 0 Å². The first-order valence-corrected chi connectivity index (χ1v) is 6.24. The number of aromatic carboxylic acids is 1. The molecule has 21 heavy (non-hydrogen) atoms.